The second kappa shape index (κ2) is 11.6. The second-order valence-electron chi connectivity index (χ2n) is 9.83. The molecule has 4 heteroatoms. The largest absolute Gasteiger partial charge is 0.335 e. The normalized spacial score (nSPS) is 13.1. The number of rotatable bonds is 8. The first-order valence-corrected chi connectivity index (χ1v) is 13.4. The molecule has 2 unspecified atom stereocenters. The fourth-order valence-electron chi connectivity index (χ4n) is 5.14. The third-order valence-corrected chi connectivity index (χ3v) is 7.50. The summed E-state index contributed by atoms with van der Waals surface area (Å²) in [5, 5.41) is 4.24. The third-order valence-electron chi connectivity index (χ3n) is 7.25. The van der Waals surface area contributed by atoms with Gasteiger partial charge in [-0.05, 0) is 71.1 Å². The SMILES string of the molecule is CC(=O)N(Cc1cnc2ccccc2c1)C(C)C(CC=Cc1ccc2ccccc2c1)c1ccc(Cl)cc1. The van der Waals surface area contributed by atoms with Crippen molar-refractivity contribution in [1.29, 1.82) is 0 Å². The van der Waals surface area contributed by atoms with Gasteiger partial charge in [0.2, 0.25) is 5.91 Å². The average molecular weight is 519 g/mol. The van der Waals surface area contributed by atoms with Gasteiger partial charge < -0.3 is 4.90 Å². The van der Waals surface area contributed by atoms with E-state index in [2.05, 4.69) is 90.8 Å². The third kappa shape index (κ3) is 5.95. The molecule has 0 saturated heterocycles. The van der Waals surface area contributed by atoms with Crippen LogP contribution in [-0.2, 0) is 11.3 Å². The first-order valence-electron chi connectivity index (χ1n) is 13.0. The number of pyridine rings is 1. The van der Waals surface area contributed by atoms with Crippen LogP contribution in [-0.4, -0.2) is 21.8 Å². The highest BCUT2D eigenvalue weighted by atomic mass is 35.5. The fraction of sp³-hybridized carbons (Fsp3) is 0.176. The molecule has 0 fully saturated rings. The van der Waals surface area contributed by atoms with E-state index in [1.54, 1.807) is 6.92 Å². The van der Waals surface area contributed by atoms with Gasteiger partial charge in [-0.3, -0.25) is 9.78 Å². The van der Waals surface area contributed by atoms with Gasteiger partial charge in [0, 0.05) is 42.0 Å². The number of halogens is 1. The highest BCUT2D eigenvalue weighted by molar-refractivity contribution is 6.30. The standard InChI is InChI=1S/C34H31ClN2O/c1-24(37(25(2)38)23-27-21-31-11-5-6-13-34(31)36-22-27)33(29-16-18-32(35)19-17-29)12-7-8-26-14-15-28-9-3-4-10-30(28)20-26/h3-11,13-22,24,33H,12,23H2,1-2H3. The van der Waals surface area contributed by atoms with Gasteiger partial charge in [0.1, 0.15) is 0 Å². The zero-order valence-electron chi connectivity index (χ0n) is 21.7. The van der Waals surface area contributed by atoms with E-state index in [4.69, 9.17) is 11.6 Å². The quantitative estimate of drug-likeness (QED) is 0.206. The summed E-state index contributed by atoms with van der Waals surface area (Å²) in [6.45, 7) is 4.29. The number of carbonyl (C=O) groups excluding carboxylic acids is 1. The molecule has 190 valence electrons. The molecule has 4 aromatic carbocycles. The number of carbonyl (C=O) groups is 1. The number of benzene rings is 4. The highest BCUT2D eigenvalue weighted by Gasteiger charge is 2.26. The van der Waals surface area contributed by atoms with Gasteiger partial charge in [-0.2, -0.15) is 0 Å². The van der Waals surface area contributed by atoms with E-state index in [-0.39, 0.29) is 17.9 Å². The molecule has 0 radical (unpaired) electrons. The minimum Gasteiger partial charge on any atom is -0.335 e. The maximum absolute atomic E-state index is 12.9. The second-order valence-corrected chi connectivity index (χ2v) is 10.3. The summed E-state index contributed by atoms with van der Waals surface area (Å²) in [5.41, 5.74) is 4.30. The van der Waals surface area contributed by atoms with Gasteiger partial charge in [-0.25, -0.2) is 0 Å². The smallest absolute Gasteiger partial charge is 0.220 e. The van der Waals surface area contributed by atoms with Gasteiger partial charge >= 0.3 is 0 Å². The molecule has 0 spiro atoms. The summed E-state index contributed by atoms with van der Waals surface area (Å²) in [6.07, 6.45) is 7.06. The van der Waals surface area contributed by atoms with Crippen LogP contribution < -0.4 is 0 Å². The topological polar surface area (TPSA) is 33.2 Å². The molecular weight excluding hydrogens is 488 g/mol. The molecule has 0 aliphatic carbocycles. The number of hydrogen-bond acceptors (Lipinski definition) is 2. The van der Waals surface area contributed by atoms with Crippen molar-refractivity contribution in [2.75, 3.05) is 0 Å². The van der Waals surface area contributed by atoms with E-state index < -0.39 is 0 Å². The van der Waals surface area contributed by atoms with E-state index in [1.165, 1.54) is 10.8 Å². The summed E-state index contributed by atoms with van der Waals surface area (Å²) in [6, 6.07) is 33.0. The Morgan fingerprint density at radius 1 is 0.895 bits per heavy atom. The van der Waals surface area contributed by atoms with E-state index in [9.17, 15) is 4.79 Å². The molecule has 0 bridgehead atoms. The zero-order valence-corrected chi connectivity index (χ0v) is 22.5. The van der Waals surface area contributed by atoms with Crippen molar-refractivity contribution in [3.05, 3.63) is 131 Å². The van der Waals surface area contributed by atoms with Gasteiger partial charge in [0.25, 0.3) is 0 Å². The first-order chi connectivity index (χ1) is 18.5. The van der Waals surface area contributed by atoms with Crippen LogP contribution in [0.4, 0.5) is 0 Å². The molecule has 1 amide bonds. The van der Waals surface area contributed by atoms with Crippen LogP contribution in [0.15, 0.2) is 109 Å². The van der Waals surface area contributed by atoms with Crippen molar-refractivity contribution < 1.29 is 4.79 Å². The Morgan fingerprint density at radius 3 is 2.37 bits per heavy atom. The molecule has 5 aromatic rings. The molecule has 3 nitrogen and oxygen atoms in total. The minimum absolute atomic E-state index is 0.0404. The van der Waals surface area contributed by atoms with E-state index in [1.807, 2.05) is 41.4 Å². The molecule has 0 aliphatic rings. The number of fused-ring (bicyclic) bond motifs is 2. The lowest BCUT2D eigenvalue weighted by atomic mass is 9.87. The zero-order chi connectivity index (χ0) is 26.5. The number of aromatic nitrogens is 1. The summed E-state index contributed by atoms with van der Waals surface area (Å²) >= 11 is 6.21. The van der Waals surface area contributed by atoms with Gasteiger partial charge in [-0.1, -0.05) is 90.5 Å². The molecule has 1 aromatic heterocycles. The Kier molecular flexibility index (Phi) is 7.86. The van der Waals surface area contributed by atoms with Crippen LogP contribution >= 0.6 is 11.6 Å². The monoisotopic (exact) mass is 518 g/mol. The van der Waals surface area contributed by atoms with E-state index >= 15 is 0 Å². The Hall–Kier alpha value is -3.95. The Balaban J connectivity index is 1.41. The molecule has 5 rings (SSSR count). The first kappa shape index (κ1) is 25.7. The van der Waals surface area contributed by atoms with Crippen molar-refractivity contribution in [2.24, 2.45) is 0 Å². The maximum Gasteiger partial charge on any atom is 0.220 e. The van der Waals surface area contributed by atoms with Crippen LogP contribution in [0.3, 0.4) is 0 Å². The molecule has 0 aliphatic heterocycles. The minimum atomic E-state index is -0.0404. The van der Waals surface area contributed by atoms with Crippen molar-refractivity contribution in [2.45, 2.75) is 38.8 Å². The lowest BCUT2D eigenvalue weighted by molar-refractivity contribution is -0.132. The van der Waals surface area contributed by atoms with Crippen molar-refractivity contribution in [3.8, 4) is 0 Å². The predicted molar refractivity (Wildman–Crippen MR) is 159 cm³/mol. The number of allylic oxidation sites excluding steroid dienone is 1. The fourth-order valence-corrected chi connectivity index (χ4v) is 5.27. The van der Waals surface area contributed by atoms with Crippen LogP contribution in [0.5, 0.6) is 0 Å². The van der Waals surface area contributed by atoms with E-state index in [0.29, 0.717) is 11.6 Å². The number of para-hydroxylation sites is 1. The Morgan fingerprint density at radius 2 is 1.61 bits per heavy atom. The number of amides is 1. The van der Waals surface area contributed by atoms with Crippen LogP contribution in [0.1, 0.15) is 42.9 Å². The average Bonchev–Trinajstić information content (AvgIpc) is 2.94. The molecule has 38 heavy (non-hydrogen) atoms. The highest BCUT2D eigenvalue weighted by Crippen LogP contribution is 2.30. The molecule has 0 N–H and O–H groups in total. The van der Waals surface area contributed by atoms with Gasteiger partial charge in [0.05, 0.1) is 5.52 Å². The van der Waals surface area contributed by atoms with Crippen LogP contribution in [0, 0.1) is 0 Å². The van der Waals surface area contributed by atoms with Crippen molar-refractivity contribution in [3.63, 3.8) is 0 Å². The summed E-state index contributed by atoms with van der Waals surface area (Å²) in [7, 11) is 0. The molecule has 0 saturated carbocycles. The Labute approximate surface area is 229 Å². The summed E-state index contributed by atoms with van der Waals surface area (Å²) < 4.78 is 0. The predicted octanol–water partition coefficient (Wildman–Crippen LogP) is 8.67. The lowest BCUT2D eigenvalue weighted by Gasteiger charge is -2.34. The molecule has 2 atom stereocenters. The number of hydrogen-bond donors (Lipinski definition) is 0. The maximum atomic E-state index is 12.9. The Bertz CT molecular complexity index is 1590. The van der Waals surface area contributed by atoms with E-state index in [0.717, 1.165) is 34.0 Å². The van der Waals surface area contributed by atoms with Gasteiger partial charge in [0.15, 0.2) is 0 Å². The van der Waals surface area contributed by atoms with Gasteiger partial charge in [-0.15, -0.1) is 0 Å². The summed E-state index contributed by atoms with van der Waals surface area (Å²) in [4.78, 5) is 19.5. The van der Waals surface area contributed by atoms with Crippen molar-refractivity contribution >= 4 is 45.3 Å². The molecule has 1 heterocycles. The number of nitrogens with zero attached hydrogens (tertiary/aromatic N) is 2. The van der Waals surface area contributed by atoms with Crippen molar-refractivity contribution in [1.82, 2.24) is 9.88 Å². The van der Waals surface area contributed by atoms with Crippen LogP contribution in [0.25, 0.3) is 27.8 Å². The summed E-state index contributed by atoms with van der Waals surface area (Å²) in [5.74, 6) is 0.143. The lowest BCUT2D eigenvalue weighted by Crippen LogP contribution is -2.40. The molecular formula is C34H31ClN2O. The van der Waals surface area contributed by atoms with Crippen LogP contribution in [0.2, 0.25) is 5.02 Å².